The summed E-state index contributed by atoms with van der Waals surface area (Å²) >= 11 is 0. The topological polar surface area (TPSA) is 61.0 Å². The fourth-order valence-electron chi connectivity index (χ4n) is 3.19. The molecule has 2 heterocycles. The molecule has 5 nitrogen and oxygen atoms in total. The Morgan fingerprint density at radius 3 is 2.95 bits per heavy atom. The molecule has 1 aromatic heterocycles. The molecular formula is C17H24N4O. The Kier molecular flexibility index (Phi) is 4.73. The van der Waals surface area contributed by atoms with E-state index in [9.17, 15) is 4.79 Å². The Labute approximate surface area is 131 Å². The van der Waals surface area contributed by atoms with Crippen LogP contribution in [0.25, 0.3) is 11.0 Å². The van der Waals surface area contributed by atoms with E-state index in [0.717, 1.165) is 22.5 Å². The van der Waals surface area contributed by atoms with Crippen LogP contribution in [-0.2, 0) is 4.79 Å². The standard InChI is InChI=1S/C17H24N4O/c1-2-3-8-21-9-6-13(7-10-21)17-19-15-5-4-14(18-12-22)11-16(15)20-17/h4-5,11-13H,2-3,6-10H2,1H3,(H,18,22)(H,19,20). The molecule has 2 N–H and O–H groups in total. The quantitative estimate of drug-likeness (QED) is 0.806. The van der Waals surface area contributed by atoms with Crippen molar-refractivity contribution in [3.05, 3.63) is 24.0 Å². The first-order chi connectivity index (χ1) is 10.8. The first kappa shape index (κ1) is 15.0. The van der Waals surface area contributed by atoms with Gasteiger partial charge >= 0.3 is 0 Å². The van der Waals surface area contributed by atoms with Gasteiger partial charge in [-0.2, -0.15) is 0 Å². The molecular weight excluding hydrogens is 276 g/mol. The maximum absolute atomic E-state index is 10.5. The number of aromatic amines is 1. The normalized spacial score (nSPS) is 17.0. The molecule has 1 aliphatic rings. The number of hydrogen-bond donors (Lipinski definition) is 2. The molecule has 1 amide bonds. The number of fused-ring (bicyclic) bond motifs is 1. The number of unbranched alkanes of at least 4 members (excludes halogenated alkanes) is 1. The van der Waals surface area contributed by atoms with Crippen molar-refractivity contribution in [1.82, 2.24) is 14.9 Å². The van der Waals surface area contributed by atoms with Crippen molar-refractivity contribution in [2.45, 2.75) is 38.5 Å². The lowest BCUT2D eigenvalue weighted by atomic mass is 9.96. The Morgan fingerprint density at radius 1 is 1.41 bits per heavy atom. The van der Waals surface area contributed by atoms with Crippen LogP contribution in [0, 0.1) is 0 Å². The van der Waals surface area contributed by atoms with Crippen molar-refractivity contribution < 1.29 is 4.79 Å². The van der Waals surface area contributed by atoms with E-state index in [1.54, 1.807) is 0 Å². The Bertz CT molecular complexity index is 629. The molecule has 118 valence electrons. The summed E-state index contributed by atoms with van der Waals surface area (Å²) in [4.78, 5) is 21.3. The minimum Gasteiger partial charge on any atom is -0.342 e. The lowest BCUT2D eigenvalue weighted by Crippen LogP contribution is -2.33. The predicted molar refractivity (Wildman–Crippen MR) is 89.1 cm³/mol. The number of nitrogens with zero attached hydrogens (tertiary/aromatic N) is 2. The molecule has 0 saturated carbocycles. The van der Waals surface area contributed by atoms with Crippen molar-refractivity contribution in [1.29, 1.82) is 0 Å². The summed E-state index contributed by atoms with van der Waals surface area (Å²) in [6.07, 6.45) is 5.60. The third kappa shape index (κ3) is 3.30. The zero-order valence-electron chi connectivity index (χ0n) is 13.1. The molecule has 1 aliphatic heterocycles. The van der Waals surface area contributed by atoms with Crippen LogP contribution in [0.15, 0.2) is 18.2 Å². The highest BCUT2D eigenvalue weighted by Gasteiger charge is 2.22. The number of benzene rings is 1. The van der Waals surface area contributed by atoms with Gasteiger partial charge in [0.25, 0.3) is 0 Å². The van der Waals surface area contributed by atoms with Crippen LogP contribution in [-0.4, -0.2) is 40.9 Å². The summed E-state index contributed by atoms with van der Waals surface area (Å²) in [7, 11) is 0. The first-order valence-corrected chi connectivity index (χ1v) is 8.22. The van der Waals surface area contributed by atoms with Crippen LogP contribution >= 0.6 is 0 Å². The van der Waals surface area contributed by atoms with Gasteiger partial charge in [0.15, 0.2) is 0 Å². The SMILES string of the molecule is CCCCN1CCC(c2nc3ccc(NC=O)cc3[nH]2)CC1. The highest BCUT2D eigenvalue weighted by molar-refractivity contribution is 5.83. The van der Waals surface area contributed by atoms with Gasteiger partial charge < -0.3 is 15.2 Å². The molecule has 0 atom stereocenters. The molecule has 5 heteroatoms. The molecule has 1 fully saturated rings. The molecule has 0 unspecified atom stereocenters. The van der Waals surface area contributed by atoms with E-state index >= 15 is 0 Å². The number of piperidine rings is 1. The van der Waals surface area contributed by atoms with E-state index in [1.807, 2.05) is 18.2 Å². The summed E-state index contributed by atoms with van der Waals surface area (Å²) < 4.78 is 0. The van der Waals surface area contributed by atoms with Crippen LogP contribution in [0.1, 0.15) is 44.3 Å². The lowest BCUT2D eigenvalue weighted by Gasteiger charge is -2.30. The maximum Gasteiger partial charge on any atom is 0.211 e. The van der Waals surface area contributed by atoms with Gasteiger partial charge in [-0.3, -0.25) is 4.79 Å². The van der Waals surface area contributed by atoms with Crippen LogP contribution in [0.2, 0.25) is 0 Å². The smallest absolute Gasteiger partial charge is 0.211 e. The second-order valence-corrected chi connectivity index (χ2v) is 6.09. The van der Waals surface area contributed by atoms with E-state index in [-0.39, 0.29) is 0 Å². The number of rotatable bonds is 6. The molecule has 1 saturated heterocycles. The average molecular weight is 300 g/mol. The number of nitrogens with one attached hydrogen (secondary N) is 2. The molecule has 0 spiro atoms. The molecule has 2 aromatic rings. The van der Waals surface area contributed by atoms with E-state index in [0.29, 0.717) is 12.3 Å². The molecule has 22 heavy (non-hydrogen) atoms. The second kappa shape index (κ2) is 6.92. The lowest BCUT2D eigenvalue weighted by molar-refractivity contribution is -0.105. The Balaban J connectivity index is 1.68. The van der Waals surface area contributed by atoms with Crippen molar-refractivity contribution in [2.24, 2.45) is 0 Å². The minimum atomic E-state index is 0.521. The molecule has 1 aromatic carbocycles. The van der Waals surface area contributed by atoms with Crippen molar-refractivity contribution in [2.75, 3.05) is 25.0 Å². The summed E-state index contributed by atoms with van der Waals surface area (Å²) in [6, 6.07) is 5.78. The van der Waals surface area contributed by atoms with Crippen LogP contribution in [0.5, 0.6) is 0 Å². The number of aromatic nitrogens is 2. The number of anilines is 1. The fraction of sp³-hybridized carbons (Fsp3) is 0.529. The number of H-pyrrole nitrogens is 1. The van der Waals surface area contributed by atoms with E-state index in [1.165, 1.54) is 45.3 Å². The summed E-state index contributed by atoms with van der Waals surface area (Å²) in [6.45, 7) is 5.80. The van der Waals surface area contributed by atoms with Crippen molar-refractivity contribution in [3.63, 3.8) is 0 Å². The summed E-state index contributed by atoms with van der Waals surface area (Å²) in [5.41, 5.74) is 2.77. The van der Waals surface area contributed by atoms with E-state index in [4.69, 9.17) is 4.98 Å². The monoisotopic (exact) mass is 300 g/mol. The number of amides is 1. The summed E-state index contributed by atoms with van der Waals surface area (Å²) in [5, 5.41) is 2.68. The van der Waals surface area contributed by atoms with Crippen LogP contribution in [0.3, 0.4) is 0 Å². The van der Waals surface area contributed by atoms with Crippen molar-refractivity contribution >= 4 is 23.1 Å². The Morgan fingerprint density at radius 2 is 2.23 bits per heavy atom. The highest BCUT2D eigenvalue weighted by atomic mass is 16.1. The van der Waals surface area contributed by atoms with Crippen LogP contribution < -0.4 is 5.32 Å². The molecule has 0 radical (unpaired) electrons. The minimum absolute atomic E-state index is 0.521. The van der Waals surface area contributed by atoms with Gasteiger partial charge in [-0.15, -0.1) is 0 Å². The summed E-state index contributed by atoms with van der Waals surface area (Å²) in [5.74, 6) is 1.61. The third-order valence-electron chi connectivity index (χ3n) is 4.53. The number of hydrogen-bond acceptors (Lipinski definition) is 3. The van der Waals surface area contributed by atoms with Crippen molar-refractivity contribution in [3.8, 4) is 0 Å². The molecule has 0 bridgehead atoms. The van der Waals surface area contributed by atoms with Crippen LogP contribution in [0.4, 0.5) is 5.69 Å². The van der Waals surface area contributed by atoms with E-state index in [2.05, 4.69) is 22.1 Å². The van der Waals surface area contributed by atoms with Gasteiger partial charge in [0.2, 0.25) is 6.41 Å². The number of likely N-dealkylation sites (tertiary alicyclic amines) is 1. The van der Waals surface area contributed by atoms with Gasteiger partial charge in [-0.25, -0.2) is 4.98 Å². The number of carbonyl (C=O) groups excluding carboxylic acids is 1. The maximum atomic E-state index is 10.5. The number of imidazole rings is 1. The van der Waals surface area contributed by atoms with Gasteiger partial charge in [0.05, 0.1) is 11.0 Å². The number of carbonyl (C=O) groups is 1. The zero-order chi connectivity index (χ0) is 15.4. The van der Waals surface area contributed by atoms with Gasteiger partial charge in [-0.1, -0.05) is 13.3 Å². The largest absolute Gasteiger partial charge is 0.342 e. The third-order valence-corrected chi connectivity index (χ3v) is 4.53. The first-order valence-electron chi connectivity index (χ1n) is 8.22. The zero-order valence-corrected chi connectivity index (χ0v) is 13.1. The van der Waals surface area contributed by atoms with Gasteiger partial charge in [-0.05, 0) is 57.1 Å². The predicted octanol–water partition coefficient (Wildman–Crippen LogP) is 3.11. The van der Waals surface area contributed by atoms with Gasteiger partial charge in [0, 0.05) is 11.6 Å². The second-order valence-electron chi connectivity index (χ2n) is 6.09. The fourth-order valence-corrected chi connectivity index (χ4v) is 3.19. The Hall–Kier alpha value is -1.88. The molecule has 3 rings (SSSR count). The molecule has 0 aliphatic carbocycles. The van der Waals surface area contributed by atoms with Gasteiger partial charge in [0.1, 0.15) is 5.82 Å². The highest BCUT2D eigenvalue weighted by Crippen LogP contribution is 2.28. The average Bonchev–Trinajstić information content (AvgIpc) is 2.97. The van der Waals surface area contributed by atoms with E-state index < -0.39 is 0 Å².